The number of nitrogens with zero attached hydrogens (tertiary/aromatic N) is 1. The lowest BCUT2D eigenvalue weighted by molar-refractivity contribution is -0.671. The number of aromatic hydroxyl groups is 1. The Bertz CT molecular complexity index is 556. The Labute approximate surface area is 118 Å². The van der Waals surface area contributed by atoms with Crippen LogP contribution < -0.4 is 22.3 Å². The van der Waals surface area contributed by atoms with Crippen molar-refractivity contribution in [2.45, 2.75) is 6.54 Å². The summed E-state index contributed by atoms with van der Waals surface area (Å²) >= 11 is 0. The zero-order valence-electron chi connectivity index (χ0n) is 10.5. The van der Waals surface area contributed by atoms with Gasteiger partial charge in [0.15, 0.2) is 12.4 Å². The van der Waals surface area contributed by atoms with Crippen molar-refractivity contribution in [3.63, 3.8) is 0 Å². The molecule has 0 atom stereocenters. The highest BCUT2D eigenvalue weighted by Gasteiger charge is 2.06. The van der Waals surface area contributed by atoms with Crippen LogP contribution in [0.5, 0.6) is 5.75 Å². The third kappa shape index (κ3) is 4.26. The van der Waals surface area contributed by atoms with E-state index in [-0.39, 0.29) is 24.1 Å². The standard InChI is InChI=1S/C14H14N2O2.ClH/c1-16-7-5-12(6-8-16)14(18)15-10-11-3-2-4-13(17)9-11;/h2-9H,10H2,1H3,(H-,15,17,18);1H. The van der Waals surface area contributed by atoms with Crippen molar-refractivity contribution >= 4 is 5.91 Å². The van der Waals surface area contributed by atoms with Crippen LogP contribution in [0.3, 0.4) is 0 Å². The SMILES string of the molecule is C[n+]1ccc(C(=O)NCc2cccc(O)c2)cc1.[Cl-]. The van der Waals surface area contributed by atoms with Gasteiger partial charge in [0.2, 0.25) is 0 Å². The monoisotopic (exact) mass is 278 g/mol. The average Bonchev–Trinajstić information content (AvgIpc) is 2.37. The van der Waals surface area contributed by atoms with Gasteiger partial charge in [0, 0.05) is 18.7 Å². The Kier molecular flexibility index (Phi) is 5.33. The number of phenolic OH excluding ortho intramolecular Hbond substituents is 1. The molecule has 0 aliphatic carbocycles. The molecule has 1 aromatic carbocycles. The predicted molar refractivity (Wildman–Crippen MR) is 66.9 cm³/mol. The van der Waals surface area contributed by atoms with E-state index in [1.165, 1.54) is 0 Å². The summed E-state index contributed by atoms with van der Waals surface area (Å²) in [4.78, 5) is 11.8. The third-order valence-corrected chi connectivity index (χ3v) is 2.60. The molecule has 0 saturated heterocycles. The molecule has 5 heteroatoms. The minimum Gasteiger partial charge on any atom is -1.00 e. The maximum absolute atomic E-state index is 11.8. The van der Waals surface area contributed by atoms with Crippen LogP contribution in [0.1, 0.15) is 15.9 Å². The number of carbonyl (C=O) groups excluding carboxylic acids is 1. The average molecular weight is 279 g/mol. The van der Waals surface area contributed by atoms with Crippen LogP contribution in [0.4, 0.5) is 0 Å². The molecule has 1 aromatic heterocycles. The lowest BCUT2D eigenvalue weighted by atomic mass is 10.2. The zero-order chi connectivity index (χ0) is 13.0. The summed E-state index contributed by atoms with van der Waals surface area (Å²) in [5.41, 5.74) is 1.48. The molecule has 0 spiro atoms. The summed E-state index contributed by atoms with van der Waals surface area (Å²) < 4.78 is 1.87. The van der Waals surface area contributed by atoms with Gasteiger partial charge in [-0.15, -0.1) is 0 Å². The molecule has 0 unspecified atom stereocenters. The van der Waals surface area contributed by atoms with Crippen LogP contribution >= 0.6 is 0 Å². The van der Waals surface area contributed by atoms with Crippen LogP contribution in [0, 0.1) is 0 Å². The van der Waals surface area contributed by atoms with E-state index in [1.54, 1.807) is 30.3 Å². The molecule has 19 heavy (non-hydrogen) atoms. The second-order valence-corrected chi connectivity index (χ2v) is 4.10. The minimum atomic E-state index is -0.126. The van der Waals surface area contributed by atoms with Gasteiger partial charge in [0.1, 0.15) is 12.8 Å². The van der Waals surface area contributed by atoms with Crippen LogP contribution in [0.2, 0.25) is 0 Å². The topological polar surface area (TPSA) is 53.2 Å². The van der Waals surface area contributed by atoms with E-state index >= 15 is 0 Å². The van der Waals surface area contributed by atoms with Gasteiger partial charge in [-0.05, 0) is 17.7 Å². The normalized spacial score (nSPS) is 9.53. The van der Waals surface area contributed by atoms with Crippen LogP contribution in [0.15, 0.2) is 48.8 Å². The number of aryl methyl sites for hydroxylation is 1. The molecule has 2 aromatic rings. The zero-order valence-corrected chi connectivity index (χ0v) is 11.3. The van der Waals surface area contributed by atoms with Crippen molar-refractivity contribution in [2.75, 3.05) is 0 Å². The molecule has 0 radical (unpaired) electrons. The van der Waals surface area contributed by atoms with Gasteiger partial charge in [-0.2, -0.15) is 0 Å². The first kappa shape index (κ1) is 15.0. The Morgan fingerprint density at radius 3 is 2.58 bits per heavy atom. The van der Waals surface area contributed by atoms with Gasteiger partial charge in [0.05, 0.1) is 5.56 Å². The Morgan fingerprint density at radius 1 is 1.26 bits per heavy atom. The van der Waals surface area contributed by atoms with E-state index in [2.05, 4.69) is 5.32 Å². The molecule has 2 rings (SSSR count). The molecule has 100 valence electrons. The van der Waals surface area contributed by atoms with Crippen molar-refractivity contribution in [3.8, 4) is 5.75 Å². The van der Waals surface area contributed by atoms with E-state index in [4.69, 9.17) is 0 Å². The number of nitrogens with one attached hydrogen (secondary N) is 1. The number of amides is 1. The first-order chi connectivity index (χ1) is 8.65. The number of benzene rings is 1. The van der Waals surface area contributed by atoms with E-state index in [0.29, 0.717) is 12.1 Å². The first-order valence-corrected chi connectivity index (χ1v) is 5.66. The molecule has 0 aliphatic heterocycles. The number of pyridine rings is 1. The Morgan fingerprint density at radius 2 is 1.95 bits per heavy atom. The number of carbonyl (C=O) groups is 1. The molecule has 0 fully saturated rings. The van der Waals surface area contributed by atoms with E-state index < -0.39 is 0 Å². The van der Waals surface area contributed by atoms with Gasteiger partial charge >= 0.3 is 0 Å². The number of halogens is 1. The predicted octanol–water partition coefficient (Wildman–Crippen LogP) is -1.85. The summed E-state index contributed by atoms with van der Waals surface area (Å²) in [6.45, 7) is 0.397. The summed E-state index contributed by atoms with van der Waals surface area (Å²) in [7, 11) is 1.90. The van der Waals surface area contributed by atoms with E-state index in [0.717, 1.165) is 5.56 Å². The van der Waals surface area contributed by atoms with Crippen LogP contribution in [-0.4, -0.2) is 11.0 Å². The fourth-order valence-corrected chi connectivity index (χ4v) is 1.60. The van der Waals surface area contributed by atoms with Crippen molar-refractivity contribution in [3.05, 3.63) is 59.9 Å². The number of aromatic nitrogens is 1. The fourth-order valence-electron chi connectivity index (χ4n) is 1.60. The van der Waals surface area contributed by atoms with Gasteiger partial charge in [-0.25, -0.2) is 4.57 Å². The molecular weight excluding hydrogens is 264 g/mol. The Balaban J connectivity index is 0.00000180. The lowest BCUT2D eigenvalue weighted by Crippen LogP contribution is -3.00. The molecular formula is C14H15ClN2O2. The smallest absolute Gasteiger partial charge is 0.252 e. The minimum absolute atomic E-state index is 0. The van der Waals surface area contributed by atoms with Crippen molar-refractivity contribution in [2.24, 2.45) is 7.05 Å². The molecule has 1 amide bonds. The van der Waals surface area contributed by atoms with Crippen LogP contribution in [0.25, 0.3) is 0 Å². The highest BCUT2D eigenvalue weighted by Crippen LogP contribution is 2.10. The second-order valence-electron chi connectivity index (χ2n) is 4.10. The van der Waals surface area contributed by atoms with Crippen LogP contribution in [-0.2, 0) is 13.6 Å². The Hall–Kier alpha value is -2.07. The summed E-state index contributed by atoms with van der Waals surface area (Å²) in [5.74, 6) is 0.0763. The fraction of sp³-hybridized carbons (Fsp3) is 0.143. The van der Waals surface area contributed by atoms with Crippen molar-refractivity contribution in [1.82, 2.24) is 5.32 Å². The molecule has 0 aliphatic rings. The van der Waals surface area contributed by atoms with E-state index in [1.807, 2.05) is 30.1 Å². The largest absolute Gasteiger partial charge is 1.00 e. The second kappa shape index (κ2) is 6.75. The maximum atomic E-state index is 11.8. The molecule has 4 nitrogen and oxygen atoms in total. The highest BCUT2D eigenvalue weighted by molar-refractivity contribution is 5.93. The number of phenols is 1. The summed E-state index contributed by atoms with van der Waals surface area (Å²) in [6, 6.07) is 10.4. The molecule has 0 bridgehead atoms. The quantitative estimate of drug-likeness (QED) is 0.648. The third-order valence-electron chi connectivity index (χ3n) is 2.60. The van der Waals surface area contributed by atoms with Crippen molar-refractivity contribution in [1.29, 1.82) is 0 Å². The number of hydrogen-bond donors (Lipinski definition) is 2. The van der Waals surface area contributed by atoms with Crippen molar-refractivity contribution < 1.29 is 26.9 Å². The maximum Gasteiger partial charge on any atom is 0.252 e. The van der Waals surface area contributed by atoms with E-state index in [9.17, 15) is 9.90 Å². The molecule has 0 saturated carbocycles. The van der Waals surface area contributed by atoms with Gasteiger partial charge in [-0.1, -0.05) is 12.1 Å². The first-order valence-electron chi connectivity index (χ1n) is 5.66. The van der Waals surface area contributed by atoms with Gasteiger partial charge in [-0.3, -0.25) is 4.79 Å². The number of rotatable bonds is 3. The highest BCUT2D eigenvalue weighted by atomic mass is 35.5. The number of hydrogen-bond acceptors (Lipinski definition) is 2. The summed E-state index contributed by atoms with van der Waals surface area (Å²) in [5, 5.41) is 12.1. The molecule has 1 heterocycles. The molecule has 2 N–H and O–H groups in total. The van der Waals surface area contributed by atoms with Gasteiger partial charge in [0.25, 0.3) is 5.91 Å². The van der Waals surface area contributed by atoms with Gasteiger partial charge < -0.3 is 22.8 Å². The lowest BCUT2D eigenvalue weighted by Gasteiger charge is -2.05. The summed E-state index contributed by atoms with van der Waals surface area (Å²) in [6.07, 6.45) is 3.65.